The molecular weight excluding hydrogens is 813 g/mol. The normalized spacial score (nSPS) is 12.5. The third kappa shape index (κ3) is 7.47. The van der Waals surface area contributed by atoms with E-state index in [0.717, 1.165) is 80.4 Å². The Bertz CT molecular complexity index is 3430. The average molecular weight is 859 g/mol. The highest BCUT2D eigenvalue weighted by atomic mass is 16.5. The minimum absolute atomic E-state index is 0.842. The number of fused-ring (bicyclic) bond motifs is 2. The van der Waals surface area contributed by atoms with Crippen molar-refractivity contribution in [3.8, 4) is 56.0 Å². The van der Waals surface area contributed by atoms with Crippen molar-refractivity contribution >= 4 is 50.5 Å². The summed E-state index contributed by atoms with van der Waals surface area (Å²) in [7, 11) is 0. The molecule has 10 aromatic rings. The Balaban J connectivity index is 1.08. The van der Waals surface area contributed by atoms with Gasteiger partial charge in [0, 0.05) is 44.8 Å². The number of nitrogens with zero attached hydrogens (tertiary/aromatic N) is 2. The summed E-state index contributed by atoms with van der Waals surface area (Å²) in [4.78, 5) is 4.77. The van der Waals surface area contributed by atoms with E-state index in [1.165, 1.54) is 44.5 Å². The van der Waals surface area contributed by atoms with Gasteiger partial charge in [0.15, 0.2) is 0 Å². The Morgan fingerprint density at radius 1 is 0.343 bits per heavy atom. The molecule has 12 rings (SSSR count). The number of allylic oxidation sites excluding steroid dienone is 4. The second-order valence-electron chi connectivity index (χ2n) is 17.2. The van der Waals surface area contributed by atoms with Crippen LogP contribution in [0.25, 0.3) is 60.9 Å². The van der Waals surface area contributed by atoms with Gasteiger partial charge in [-0.3, -0.25) is 0 Å². The van der Waals surface area contributed by atoms with Crippen LogP contribution in [-0.2, 0) is 0 Å². The first-order valence-corrected chi connectivity index (χ1v) is 23.1. The van der Waals surface area contributed by atoms with Crippen LogP contribution in [0.4, 0.5) is 34.1 Å². The van der Waals surface area contributed by atoms with Crippen LogP contribution in [0, 0.1) is 0 Å². The quantitative estimate of drug-likeness (QED) is 0.136. The molecule has 1 aliphatic carbocycles. The Morgan fingerprint density at radius 3 is 1.45 bits per heavy atom. The van der Waals surface area contributed by atoms with Crippen LogP contribution < -0.4 is 14.5 Å². The summed E-state index contributed by atoms with van der Waals surface area (Å²) in [5, 5.41) is 2.20. The molecule has 0 spiro atoms. The molecule has 0 atom stereocenters. The van der Waals surface area contributed by atoms with E-state index in [0.29, 0.717) is 0 Å². The molecule has 67 heavy (non-hydrogen) atoms. The summed E-state index contributed by atoms with van der Waals surface area (Å²) in [6, 6.07) is 85.1. The lowest BCUT2D eigenvalue weighted by molar-refractivity contribution is 0.487. The highest BCUT2D eigenvalue weighted by molar-refractivity contribution is 6.11. The number of benzene rings is 10. The maximum atomic E-state index is 6.90. The number of hydrogen-bond acceptors (Lipinski definition) is 3. The first-order chi connectivity index (χ1) is 33.2. The van der Waals surface area contributed by atoms with E-state index in [-0.39, 0.29) is 0 Å². The van der Waals surface area contributed by atoms with Crippen LogP contribution in [0.2, 0.25) is 0 Å². The molecule has 0 saturated carbocycles. The predicted octanol–water partition coefficient (Wildman–Crippen LogP) is 18.3. The van der Waals surface area contributed by atoms with E-state index in [1.807, 2.05) is 0 Å². The fourth-order valence-corrected chi connectivity index (χ4v) is 10.00. The number of anilines is 6. The molecule has 3 nitrogen and oxygen atoms in total. The molecule has 0 unspecified atom stereocenters. The molecule has 0 aromatic heterocycles. The molecule has 1 aliphatic heterocycles. The van der Waals surface area contributed by atoms with Gasteiger partial charge in [-0.1, -0.05) is 176 Å². The molecule has 1 heterocycles. The Hall–Kier alpha value is -8.66. The van der Waals surface area contributed by atoms with Gasteiger partial charge in [-0.25, -0.2) is 0 Å². The van der Waals surface area contributed by atoms with Crippen molar-refractivity contribution in [3.05, 3.63) is 260 Å². The van der Waals surface area contributed by atoms with Crippen molar-refractivity contribution in [1.82, 2.24) is 0 Å². The predicted molar refractivity (Wildman–Crippen MR) is 281 cm³/mol. The molecule has 0 saturated heterocycles. The van der Waals surface area contributed by atoms with Crippen LogP contribution in [0.15, 0.2) is 255 Å². The summed E-state index contributed by atoms with van der Waals surface area (Å²) in [6.07, 6.45) is 8.77. The van der Waals surface area contributed by atoms with E-state index in [4.69, 9.17) is 4.74 Å². The zero-order valence-corrected chi connectivity index (χ0v) is 37.0. The summed E-state index contributed by atoms with van der Waals surface area (Å²) in [5.41, 5.74) is 18.4. The van der Waals surface area contributed by atoms with E-state index in [2.05, 4.69) is 265 Å². The van der Waals surface area contributed by atoms with Crippen molar-refractivity contribution in [3.63, 3.8) is 0 Å². The van der Waals surface area contributed by atoms with E-state index >= 15 is 0 Å². The van der Waals surface area contributed by atoms with Crippen LogP contribution >= 0.6 is 0 Å². The second-order valence-corrected chi connectivity index (χ2v) is 17.2. The summed E-state index contributed by atoms with van der Waals surface area (Å²) < 4.78 is 6.90. The lowest BCUT2D eigenvalue weighted by Crippen LogP contribution is -2.12. The Morgan fingerprint density at radius 2 is 0.851 bits per heavy atom. The summed E-state index contributed by atoms with van der Waals surface area (Å²) >= 11 is 0. The standard InChI is InChI=1S/C64H46N2O/c1-7-20-45(21-8-1)54-37-34-52(42-58(54)47-24-11-3-12-25-47)66(53-35-38-55(46-22-9-2-10-23-46)59(43-53)48-26-13-4-14-27-48)61-39-41-63-64-56(32-19-33-57(61)64)60-44-51(36-40-62(60)67-63)65(49-28-15-5-16-29-49)50-30-17-6-18-31-50/h1-13,15-26,28-44H,14,27H2. The lowest BCUT2D eigenvalue weighted by atomic mass is 9.89. The Labute approximate surface area is 392 Å². The van der Waals surface area contributed by atoms with Crippen molar-refractivity contribution < 1.29 is 4.74 Å². The smallest absolute Gasteiger partial charge is 0.136 e. The maximum Gasteiger partial charge on any atom is 0.136 e. The van der Waals surface area contributed by atoms with E-state index in [9.17, 15) is 0 Å². The lowest BCUT2D eigenvalue weighted by Gasteiger charge is -2.31. The van der Waals surface area contributed by atoms with Crippen molar-refractivity contribution in [2.24, 2.45) is 0 Å². The minimum Gasteiger partial charge on any atom is -0.456 e. The molecule has 0 N–H and O–H groups in total. The molecule has 0 fully saturated rings. The monoisotopic (exact) mass is 858 g/mol. The maximum absolute atomic E-state index is 6.90. The number of para-hydroxylation sites is 2. The SMILES string of the molecule is C1=CCCC(c2cc(N(c3ccc(-c4ccccc4)c(-c4ccccc4)c3)c3ccc4c5c(cccc35)-c3cc(N(c5ccccc5)c5ccccc5)ccc3O4)ccc2-c2ccccc2)=C1. The van der Waals surface area contributed by atoms with Crippen molar-refractivity contribution in [2.75, 3.05) is 9.80 Å². The summed E-state index contributed by atoms with van der Waals surface area (Å²) in [6.45, 7) is 0. The van der Waals surface area contributed by atoms with Gasteiger partial charge in [-0.2, -0.15) is 0 Å². The van der Waals surface area contributed by atoms with E-state index < -0.39 is 0 Å². The van der Waals surface area contributed by atoms with Gasteiger partial charge >= 0.3 is 0 Å². The molecule has 318 valence electrons. The zero-order chi connectivity index (χ0) is 44.5. The van der Waals surface area contributed by atoms with Crippen LogP contribution in [0.3, 0.4) is 0 Å². The van der Waals surface area contributed by atoms with Crippen LogP contribution in [0.1, 0.15) is 18.4 Å². The molecule has 2 aliphatic rings. The first kappa shape index (κ1) is 39.9. The fraction of sp³-hybridized carbons (Fsp3) is 0.0312. The first-order valence-electron chi connectivity index (χ1n) is 23.1. The van der Waals surface area contributed by atoms with Crippen molar-refractivity contribution in [1.29, 1.82) is 0 Å². The zero-order valence-electron chi connectivity index (χ0n) is 37.0. The molecular formula is C64H46N2O. The highest BCUT2D eigenvalue weighted by Gasteiger charge is 2.27. The fourth-order valence-electron chi connectivity index (χ4n) is 10.00. The molecule has 10 aromatic carbocycles. The summed E-state index contributed by atoms with van der Waals surface area (Å²) in [5.74, 6) is 1.69. The number of rotatable bonds is 10. The molecule has 3 heteroatoms. The molecule has 0 amide bonds. The Kier molecular flexibility index (Phi) is 10.3. The molecule has 0 bridgehead atoms. The topological polar surface area (TPSA) is 15.7 Å². The van der Waals surface area contributed by atoms with Gasteiger partial charge in [0.25, 0.3) is 0 Å². The van der Waals surface area contributed by atoms with Gasteiger partial charge in [0.1, 0.15) is 11.5 Å². The van der Waals surface area contributed by atoms with E-state index in [1.54, 1.807) is 0 Å². The second kappa shape index (κ2) is 17.4. The highest BCUT2D eigenvalue weighted by Crippen LogP contribution is 2.53. The minimum atomic E-state index is 0.842. The van der Waals surface area contributed by atoms with Crippen molar-refractivity contribution in [2.45, 2.75) is 12.8 Å². The van der Waals surface area contributed by atoms with Gasteiger partial charge in [-0.15, -0.1) is 0 Å². The number of ether oxygens (including phenoxy) is 1. The third-order valence-electron chi connectivity index (χ3n) is 13.1. The third-order valence-corrected chi connectivity index (χ3v) is 13.1. The van der Waals surface area contributed by atoms with Gasteiger partial charge in [0.05, 0.1) is 5.69 Å². The van der Waals surface area contributed by atoms with Crippen LogP contribution in [0.5, 0.6) is 11.5 Å². The van der Waals surface area contributed by atoms with Gasteiger partial charge in [0.2, 0.25) is 0 Å². The average Bonchev–Trinajstić information content (AvgIpc) is 3.41. The largest absolute Gasteiger partial charge is 0.456 e. The van der Waals surface area contributed by atoms with Crippen LogP contribution in [-0.4, -0.2) is 0 Å². The number of hydrogen-bond donors (Lipinski definition) is 0. The van der Waals surface area contributed by atoms with Gasteiger partial charge < -0.3 is 14.5 Å². The van der Waals surface area contributed by atoms with Gasteiger partial charge in [-0.05, 0) is 142 Å². The molecule has 0 radical (unpaired) electrons.